The van der Waals surface area contributed by atoms with E-state index in [4.69, 9.17) is 14.2 Å². The van der Waals surface area contributed by atoms with Gasteiger partial charge in [-0.2, -0.15) is 4.98 Å². The third-order valence-electron chi connectivity index (χ3n) is 5.79. The van der Waals surface area contributed by atoms with Gasteiger partial charge in [0, 0.05) is 57.1 Å². The summed E-state index contributed by atoms with van der Waals surface area (Å²) in [6.45, 7) is 0.684. The highest BCUT2D eigenvalue weighted by atomic mass is 19.3. The van der Waals surface area contributed by atoms with E-state index in [0.717, 1.165) is 6.20 Å². The minimum atomic E-state index is -2.60. The van der Waals surface area contributed by atoms with Crippen molar-refractivity contribution in [2.45, 2.75) is 31.4 Å². The van der Waals surface area contributed by atoms with E-state index in [0.29, 0.717) is 37.4 Å². The molecular weight excluding hydrogens is 443 g/mol. The number of ether oxygens (including phenoxy) is 3. The molecule has 0 spiro atoms. The number of piperidine rings is 1. The van der Waals surface area contributed by atoms with Gasteiger partial charge in [-0.05, 0) is 0 Å². The van der Waals surface area contributed by atoms with Crippen molar-refractivity contribution >= 4 is 11.9 Å². The summed E-state index contributed by atoms with van der Waals surface area (Å²) in [5.41, 5.74) is -0.565. The lowest BCUT2D eigenvalue weighted by molar-refractivity contribution is -0.158. The largest absolute Gasteiger partial charge is 0.488 e. The predicted molar refractivity (Wildman–Crippen MR) is 110 cm³/mol. The fraction of sp³-hybridized carbons (Fsp3) is 0.524. The van der Waals surface area contributed by atoms with Gasteiger partial charge >= 0.3 is 0 Å². The number of halogens is 3. The molecule has 0 bridgehead atoms. The van der Waals surface area contributed by atoms with Crippen LogP contribution in [0, 0.1) is 5.82 Å². The van der Waals surface area contributed by atoms with Crippen LogP contribution in [-0.4, -0.2) is 77.7 Å². The van der Waals surface area contributed by atoms with Crippen LogP contribution in [0.1, 0.15) is 18.4 Å². The van der Waals surface area contributed by atoms with E-state index in [9.17, 15) is 18.0 Å². The molecule has 0 N–H and O–H groups in total. The summed E-state index contributed by atoms with van der Waals surface area (Å²) in [5.74, 6) is -0.258. The van der Waals surface area contributed by atoms with Gasteiger partial charge in [-0.1, -0.05) is 0 Å². The second-order valence-corrected chi connectivity index (χ2v) is 7.77. The van der Waals surface area contributed by atoms with Gasteiger partial charge in [0.05, 0.1) is 19.3 Å². The van der Waals surface area contributed by atoms with Gasteiger partial charge in [0.15, 0.2) is 18.2 Å². The summed E-state index contributed by atoms with van der Waals surface area (Å²) in [5, 5.41) is 0. The van der Waals surface area contributed by atoms with Crippen molar-refractivity contribution in [3.63, 3.8) is 0 Å². The van der Waals surface area contributed by atoms with Crippen LogP contribution in [0.25, 0.3) is 0 Å². The topological polar surface area (TPSA) is 89.9 Å². The van der Waals surface area contributed by atoms with Gasteiger partial charge in [0.1, 0.15) is 12.2 Å². The molecule has 2 aliphatic heterocycles. The molecule has 4 rings (SSSR count). The van der Waals surface area contributed by atoms with Crippen LogP contribution in [0.15, 0.2) is 24.7 Å². The number of carbonyl (C=O) groups is 1. The first-order chi connectivity index (χ1) is 15.9. The number of hydrogen-bond acceptors (Lipinski definition) is 8. The van der Waals surface area contributed by atoms with Gasteiger partial charge in [0.25, 0.3) is 12.3 Å². The Kier molecular flexibility index (Phi) is 6.82. The number of alkyl halides is 2. The standard InChI is InChI=1S/C21H24F3N5O4/c1-31-21(19(30)29-8-9-32-18-14(12-29)10-25-11-15(18)22)3-6-28(7-4-21)20-26-5-2-17(27-20)33-13-16(23)24/h2,5,10-11,16H,3-4,6-9,12-13H2,1H3. The highest BCUT2D eigenvalue weighted by Gasteiger charge is 2.45. The lowest BCUT2D eigenvalue weighted by Gasteiger charge is -2.41. The predicted octanol–water partition coefficient (Wildman–Crippen LogP) is 2.06. The van der Waals surface area contributed by atoms with Crippen molar-refractivity contribution in [3.05, 3.63) is 36.0 Å². The van der Waals surface area contributed by atoms with Crippen molar-refractivity contribution < 1.29 is 32.2 Å². The Bertz CT molecular complexity index is 988. The van der Waals surface area contributed by atoms with Gasteiger partial charge < -0.3 is 24.0 Å². The second-order valence-electron chi connectivity index (χ2n) is 7.77. The minimum absolute atomic E-state index is 0.0593. The zero-order valence-electron chi connectivity index (χ0n) is 18.0. The van der Waals surface area contributed by atoms with E-state index in [-0.39, 0.29) is 37.2 Å². The zero-order valence-corrected chi connectivity index (χ0v) is 18.0. The number of methoxy groups -OCH3 is 1. The maximum atomic E-state index is 14.0. The van der Waals surface area contributed by atoms with Crippen LogP contribution < -0.4 is 14.4 Å². The maximum Gasteiger partial charge on any atom is 0.272 e. The molecule has 178 valence electrons. The summed E-state index contributed by atoms with van der Waals surface area (Å²) in [7, 11) is 1.49. The Hall–Kier alpha value is -3.15. The van der Waals surface area contributed by atoms with E-state index in [2.05, 4.69) is 15.0 Å². The van der Waals surface area contributed by atoms with Crippen molar-refractivity contribution in [2.24, 2.45) is 0 Å². The second kappa shape index (κ2) is 9.77. The summed E-state index contributed by atoms with van der Waals surface area (Å²) in [6, 6.07) is 1.41. The number of amides is 1. The van der Waals surface area contributed by atoms with E-state index >= 15 is 0 Å². The van der Waals surface area contributed by atoms with Crippen LogP contribution in [-0.2, 0) is 16.1 Å². The first-order valence-electron chi connectivity index (χ1n) is 10.5. The molecule has 1 fully saturated rings. The van der Waals surface area contributed by atoms with Gasteiger partial charge in [-0.3, -0.25) is 9.78 Å². The number of carbonyl (C=O) groups excluding carboxylic acids is 1. The SMILES string of the molecule is COC1(C(=O)N2CCOc3c(F)cncc3C2)CCN(c2nccc(OCC(F)F)n2)CC1. The number of nitrogens with zero attached hydrogens (tertiary/aromatic N) is 5. The number of pyridine rings is 1. The first-order valence-corrected chi connectivity index (χ1v) is 10.5. The quantitative estimate of drug-likeness (QED) is 0.638. The summed E-state index contributed by atoms with van der Waals surface area (Å²) < 4.78 is 55.0. The average Bonchev–Trinajstić information content (AvgIpc) is 3.06. The Balaban J connectivity index is 1.44. The number of fused-ring (bicyclic) bond motifs is 1. The highest BCUT2D eigenvalue weighted by Crippen LogP contribution is 2.32. The summed E-state index contributed by atoms with van der Waals surface area (Å²) in [4.78, 5) is 29.2. The third kappa shape index (κ3) is 4.95. The van der Waals surface area contributed by atoms with Gasteiger partial charge in [-0.15, -0.1) is 0 Å². The Labute approximate surface area is 188 Å². The molecule has 0 aromatic carbocycles. The molecule has 1 saturated heterocycles. The first kappa shape index (κ1) is 23.0. The summed E-state index contributed by atoms with van der Waals surface area (Å²) in [6.07, 6.45) is 2.13. The van der Waals surface area contributed by atoms with E-state index in [1.54, 1.807) is 4.90 Å². The normalized spacial score (nSPS) is 17.8. The molecule has 9 nitrogen and oxygen atoms in total. The fourth-order valence-corrected chi connectivity index (χ4v) is 4.03. The van der Waals surface area contributed by atoms with Crippen LogP contribution in [0.4, 0.5) is 19.1 Å². The van der Waals surface area contributed by atoms with Crippen molar-refractivity contribution in [1.29, 1.82) is 0 Å². The molecule has 0 unspecified atom stereocenters. The number of hydrogen-bond donors (Lipinski definition) is 0. The zero-order chi connectivity index (χ0) is 23.4. The Morgan fingerprint density at radius 2 is 2.06 bits per heavy atom. The minimum Gasteiger partial charge on any atom is -0.488 e. The van der Waals surface area contributed by atoms with Gasteiger partial charge in [-0.25, -0.2) is 18.2 Å². The van der Waals surface area contributed by atoms with E-state index < -0.39 is 24.5 Å². The molecule has 2 aromatic heterocycles. The molecule has 33 heavy (non-hydrogen) atoms. The van der Waals surface area contributed by atoms with Crippen LogP contribution >= 0.6 is 0 Å². The number of aromatic nitrogens is 3. The van der Waals surface area contributed by atoms with E-state index in [1.807, 2.05) is 4.90 Å². The maximum absolute atomic E-state index is 14.0. The van der Waals surface area contributed by atoms with Crippen LogP contribution in [0.5, 0.6) is 11.6 Å². The van der Waals surface area contributed by atoms with Gasteiger partial charge in [0.2, 0.25) is 11.8 Å². The number of anilines is 1. The van der Waals surface area contributed by atoms with Crippen LogP contribution in [0.3, 0.4) is 0 Å². The lowest BCUT2D eigenvalue weighted by atomic mass is 9.89. The molecule has 0 saturated carbocycles. The molecule has 0 radical (unpaired) electrons. The Morgan fingerprint density at radius 3 is 2.79 bits per heavy atom. The molecule has 4 heterocycles. The molecule has 0 atom stereocenters. The average molecular weight is 467 g/mol. The van der Waals surface area contributed by atoms with Crippen molar-refractivity contribution in [3.8, 4) is 11.6 Å². The lowest BCUT2D eigenvalue weighted by Crippen LogP contribution is -2.56. The van der Waals surface area contributed by atoms with Crippen molar-refractivity contribution in [1.82, 2.24) is 19.9 Å². The summed E-state index contributed by atoms with van der Waals surface area (Å²) >= 11 is 0. The molecule has 1 amide bonds. The molecular formula is C21H24F3N5O4. The molecule has 12 heteroatoms. The molecule has 0 aliphatic carbocycles. The molecule has 2 aliphatic rings. The van der Waals surface area contributed by atoms with E-state index in [1.165, 1.54) is 25.6 Å². The number of rotatable bonds is 6. The smallest absolute Gasteiger partial charge is 0.272 e. The molecule has 2 aromatic rings. The highest BCUT2D eigenvalue weighted by molar-refractivity contribution is 5.86. The van der Waals surface area contributed by atoms with Crippen LogP contribution in [0.2, 0.25) is 0 Å². The monoisotopic (exact) mass is 467 g/mol. The third-order valence-corrected chi connectivity index (χ3v) is 5.79. The fourth-order valence-electron chi connectivity index (χ4n) is 4.03. The Morgan fingerprint density at radius 1 is 1.27 bits per heavy atom. The van der Waals surface area contributed by atoms with Crippen molar-refractivity contribution in [2.75, 3.05) is 44.9 Å².